The zero-order chi connectivity index (χ0) is 10.7. The van der Waals surface area contributed by atoms with Crippen LogP contribution in [0, 0.1) is 6.92 Å². The lowest BCUT2D eigenvalue weighted by Gasteiger charge is -2.13. The fraction of sp³-hybridized carbons (Fsp3) is 0.500. The van der Waals surface area contributed by atoms with Gasteiger partial charge in [0.25, 0.3) is 0 Å². The van der Waals surface area contributed by atoms with E-state index in [1.165, 1.54) is 31.2 Å². The number of hydrogen-bond donors (Lipinski definition) is 0. The van der Waals surface area contributed by atoms with Crippen molar-refractivity contribution in [2.24, 2.45) is 0 Å². The van der Waals surface area contributed by atoms with Crippen LogP contribution >= 0.6 is 0 Å². The molecule has 1 unspecified atom stereocenters. The van der Waals surface area contributed by atoms with Gasteiger partial charge in [-0.3, -0.25) is 4.39 Å². The summed E-state index contributed by atoms with van der Waals surface area (Å²) in [6, 6.07) is 8.34. The van der Waals surface area contributed by atoms with Gasteiger partial charge in [-0.05, 0) is 36.8 Å². The number of halogens is 1. The lowest BCUT2D eigenvalue weighted by molar-refractivity contribution is 0.465. The van der Waals surface area contributed by atoms with Crippen LogP contribution in [-0.2, 0) is 0 Å². The highest BCUT2D eigenvalue weighted by atomic mass is 19.1. The molecule has 0 saturated heterocycles. The van der Waals surface area contributed by atoms with Gasteiger partial charge in [0.1, 0.15) is 0 Å². The van der Waals surface area contributed by atoms with Gasteiger partial charge in [-0.2, -0.15) is 0 Å². The van der Waals surface area contributed by atoms with Crippen LogP contribution in [0.2, 0.25) is 0 Å². The van der Waals surface area contributed by atoms with Gasteiger partial charge < -0.3 is 0 Å². The molecule has 2 rings (SSSR count). The Balaban J connectivity index is 2.18. The largest absolute Gasteiger partial charge is 0.250 e. The summed E-state index contributed by atoms with van der Waals surface area (Å²) in [5.41, 5.74) is 2.43. The average molecular weight is 205 g/mol. The van der Waals surface area contributed by atoms with E-state index in [0.29, 0.717) is 5.92 Å². The van der Waals surface area contributed by atoms with E-state index in [-0.39, 0.29) is 12.6 Å². The average Bonchev–Trinajstić information content (AvgIpc) is 2.82. The van der Waals surface area contributed by atoms with Crippen molar-refractivity contribution in [1.29, 1.82) is 0 Å². The van der Waals surface area contributed by atoms with E-state index in [1.54, 1.807) is 0 Å². The molecule has 1 aromatic carbocycles. The molecule has 1 radical (unpaired) electrons. The molecule has 1 aliphatic rings. The normalized spacial score (nSPS) is 19.3. The van der Waals surface area contributed by atoms with Crippen molar-refractivity contribution < 1.29 is 4.39 Å². The van der Waals surface area contributed by atoms with E-state index in [1.807, 2.05) is 12.1 Å². The van der Waals surface area contributed by atoms with E-state index in [9.17, 15) is 4.39 Å². The smallest absolute Gasteiger partial charge is 0.0962 e. The van der Waals surface area contributed by atoms with Crippen molar-refractivity contribution in [2.75, 3.05) is 6.67 Å². The Morgan fingerprint density at radius 1 is 1.33 bits per heavy atom. The zero-order valence-corrected chi connectivity index (χ0v) is 9.08. The molecule has 1 saturated carbocycles. The predicted molar refractivity (Wildman–Crippen MR) is 61.7 cm³/mol. The summed E-state index contributed by atoms with van der Waals surface area (Å²) in [6.07, 6.45) is 5.26. The molecular weight excluding hydrogens is 187 g/mol. The number of hydrogen-bond acceptors (Lipinski definition) is 0. The second-order valence-corrected chi connectivity index (χ2v) is 4.50. The summed E-state index contributed by atoms with van der Waals surface area (Å²) in [5, 5.41) is 0. The van der Waals surface area contributed by atoms with Crippen molar-refractivity contribution in [1.82, 2.24) is 0 Å². The van der Waals surface area contributed by atoms with E-state index >= 15 is 0 Å². The monoisotopic (exact) mass is 205 g/mol. The van der Waals surface area contributed by atoms with Crippen LogP contribution < -0.4 is 0 Å². The van der Waals surface area contributed by atoms with Gasteiger partial charge in [-0.25, -0.2) is 0 Å². The maximum atomic E-state index is 12.5. The zero-order valence-electron chi connectivity index (χ0n) is 9.08. The van der Waals surface area contributed by atoms with Crippen molar-refractivity contribution in [3.05, 3.63) is 42.3 Å². The predicted octanol–water partition coefficient (Wildman–Crippen LogP) is 4.23. The first-order chi connectivity index (χ1) is 7.31. The molecule has 0 spiro atoms. The third-order valence-electron chi connectivity index (χ3n) is 3.39. The molecule has 1 aliphatic carbocycles. The highest BCUT2D eigenvalue weighted by molar-refractivity contribution is 5.30. The van der Waals surface area contributed by atoms with Crippen LogP contribution in [0.3, 0.4) is 0 Å². The third kappa shape index (κ3) is 2.39. The van der Waals surface area contributed by atoms with Gasteiger partial charge in [-0.15, -0.1) is 0 Å². The molecule has 0 heterocycles. The van der Waals surface area contributed by atoms with Gasteiger partial charge in [0.05, 0.1) is 6.67 Å². The lowest BCUT2D eigenvalue weighted by atomic mass is 9.93. The Hall–Kier alpha value is -0.850. The number of rotatable bonds is 3. The molecule has 15 heavy (non-hydrogen) atoms. The Morgan fingerprint density at radius 2 is 2.07 bits per heavy atom. The standard InChI is InChI=1S/C14H18F/c1-11(10-15)13-7-4-8-14(9-13)12-5-2-3-6-12/h4,7-9,11-12H,1-3,5-6,10H2. The summed E-state index contributed by atoms with van der Waals surface area (Å²) in [4.78, 5) is 0. The second-order valence-electron chi connectivity index (χ2n) is 4.50. The molecule has 0 aliphatic heterocycles. The molecule has 1 fully saturated rings. The fourth-order valence-corrected chi connectivity index (χ4v) is 2.42. The molecule has 81 valence electrons. The van der Waals surface area contributed by atoms with E-state index in [0.717, 1.165) is 5.56 Å². The molecule has 1 aromatic rings. The first kappa shape index (κ1) is 10.7. The van der Waals surface area contributed by atoms with E-state index in [2.05, 4.69) is 19.1 Å². The maximum Gasteiger partial charge on any atom is 0.0962 e. The molecule has 0 bridgehead atoms. The highest BCUT2D eigenvalue weighted by Gasteiger charge is 2.17. The molecule has 0 amide bonds. The van der Waals surface area contributed by atoms with Gasteiger partial charge in [0.2, 0.25) is 0 Å². The van der Waals surface area contributed by atoms with Crippen molar-refractivity contribution in [3.8, 4) is 0 Å². The van der Waals surface area contributed by atoms with Crippen LogP contribution in [-0.4, -0.2) is 6.67 Å². The molecule has 1 atom stereocenters. The molecule has 0 aromatic heterocycles. The molecular formula is C14H18F. The van der Waals surface area contributed by atoms with Crippen molar-refractivity contribution in [2.45, 2.75) is 37.5 Å². The quantitative estimate of drug-likeness (QED) is 0.692. The molecule has 0 nitrogen and oxygen atoms in total. The topological polar surface area (TPSA) is 0 Å². The van der Waals surface area contributed by atoms with Crippen LogP contribution in [0.15, 0.2) is 24.3 Å². The van der Waals surface area contributed by atoms with Crippen LogP contribution in [0.1, 0.15) is 48.6 Å². The minimum Gasteiger partial charge on any atom is -0.250 e. The minimum absolute atomic E-state index is 0.202. The maximum absolute atomic E-state index is 12.5. The summed E-state index contributed by atoms with van der Waals surface area (Å²) in [7, 11) is 0. The summed E-state index contributed by atoms with van der Waals surface area (Å²) < 4.78 is 12.5. The number of benzene rings is 1. The minimum atomic E-state index is -0.367. The first-order valence-corrected chi connectivity index (χ1v) is 5.80. The Kier molecular flexibility index (Phi) is 3.40. The Labute approximate surface area is 91.5 Å². The van der Waals surface area contributed by atoms with Crippen LogP contribution in [0.5, 0.6) is 0 Å². The van der Waals surface area contributed by atoms with E-state index in [4.69, 9.17) is 0 Å². The lowest BCUT2D eigenvalue weighted by Crippen LogP contribution is -1.99. The third-order valence-corrected chi connectivity index (χ3v) is 3.39. The Morgan fingerprint density at radius 3 is 2.73 bits per heavy atom. The summed E-state index contributed by atoms with van der Waals surface area (Å²) >= 11 is 0. The van der Waals surface area contributed by atoms with Gasteiger partial charge in [0, 0.05) is 5.92 Å². The Bertz CT molecular complexity index is 313. The van der Waals surface area contributed by atoms with Gasteiger partial charge >= 0.3 is 0 Å². The second kappa shape index (κ2) is 4.78. The van der Waals surface area contributed by atoms with E-state index < -0.39 is 0 Å². The van der Waals surface area contributed by atoms with Gasteiger partial charge in [-0.1, -0.05) is 37.1 Å². The summed E-state index contributed by atoms with van der Waals surface area (Å²) in [6.45, 7) is 3.45. The molecule has 0 N–H and O–H groups in total. The summed E-state index contributed by atoms with van der Waals surface area (Å²) in [5.74, 6) is 0.503. The highest BCUT2D eigenvalue weighted by Crippen LogP contribution is 2.34. The fourth-order valence-electron chi connectivity index (χ4n) is 2.42. The van der Waals surface area contributed by atoms with Crippen LogP contribution in [0.4, 0.5) is 4.39 Å². The van der Waals surface area contributed by atoms with Crippen molar-refractivity contribution in [3.63, 3.8) is 0 Å². The SMILES string of the molecule is [CH2]C(CF)c1cccc(C2CCCC2)c1. The number of alkyl halides is 1. The first-order valence-electron chi connectivity index (χ1n) is 5.80. The van der Waals surface area contributed by atoms with Gasteiger partial charge in [0.15, 0.2) is 0 Å². The van der Waals surface area contributed by atoms with Crippen LogP contribution in [0.25, 0.3) is 0 Å². The van der Waals surface area contributed by atoms with Crippen molar-refractivity contribution >= 4 is 0 Å². The molecule has 1 heteroatoms.